The molecule has 0 aromatic heterocycles. The number of thioether (sulfide) groups is 1. The molecule has 1 saturated carbocycles. The van der Waals surface area contributed by atoms with Crippen LogP contribution in [0, 0.1) is 6.92 Å². The van der Waals surface area contributed by atoms with Gasteiger partial charge in [-0.2, -0.15) is 11.8 Å². The summed E-state index contributed by atoms with van der Waals surface area (Å²) in [5.74, 6) is 0. The molecule has 0 aliphatic heterocycles. The predicted molar refractivity (Wildman–Crippen MR) is 85.5 cm³/mol. The first-order valence-corrected chi connectivity index (χ1v) is 9.50. The molecule has 1 aliphatic rings. The predicted octanol–water partition coefficient (Wildman–Crippen LogP) is 2.53. The van der Waals surface area contributed by atoms with Crippen molar-refractivity contribution < 1.29 is 8.42 Å². The Balaban J connectivity index is 2.13. The van der Waals surface area contributed by atoms with Crippen LogP contribution in [0.1, 0.15) is 31.2 Å². The Morgan fingerprint density at radius 1 is 1.35 bits per heavy atom. The smallest absolute Gasteiger partial charge is 0.240 e. The van der Waals surface area contributed by atoms with Crippen LogP contribution >= 0.6 is 11.8 Å². The fraction of sp³-hybridized carbons (Fsp3) is 0.571. The van der Waals surface area contributed by atoms with Crippen LogP contribution in [0.25, 0.3) is 0 Å². The molecule has 1 aromatic rings. The topological polar surface area (TPSA) is 72.2 Å². The number of benzene rings is 1. The minimum Gasteiger partial charge on any atom is -0.398 e. The maximum absolute atomic E-state index is 12.3. The van der Waals surface area contributed by atoms with Crippen LogP contribution in [0.15, 0.2) is 23.1 Å². The van der Waals surface area contributed by atoms with E-state index in [4.69, 9.17) is 5.73 Å². The van der Waals surface area contributed by atoms with E-state index in [1.165, 1.54) is 18.9 Å². The fourth-order valence-corrected chi connectivity index (χ4v) is 4.74. The summed E-state index contributed by atoms with van der Waals surface area (Å²) in [5, 5.41) is 0. The minimum atomic E-state index is -3.48. The van der Waals surface area contributed by atoms with E-state index in [1.54, 1.807) is 23.9 Å². The van der Waals surface area contributed by atoms with Gasteiger partial charge in [-0.15, -0.1) is 0 Å². The number of nitrogens with two attached hydrogens (primary N) is 1. The van der Waals surface area contributed by atoms with Crippen LogP contribution in [0.2, 0.25) is 0 Å². The van der Waals surface area contributed by atoms with Gasteiger partial charge in [0.15, 0.2) is 0 Å². The van der Waals surface area contributed by atoms with E-state index in [-0.39, 0.29) is 9.64 Å². The number of rotatable bonds is 5. The third kappa shape index (κ3) is 3.30. The molecule has 0 unspecified atom stereocenters. The van der Waals surface area contributed by atoms with Gasteiger partial charge in [-0.1, -0.05) is 18.9 Å². The highest BCUT2D eigenvalue weighted by Gasteiger charge is 2.34. The summed E-state index contributed by atoms with van der Waals surface area (Å²) in [7, 11) is -3.48. The average molecular weight is 314 g/mol. The average Bonchev–Trinajstić information content (AvgIpc) is 2.89. The van der Waals surface area contributed by atoms with Crippen LogP contribution in [0.4, 0.5) is 5.69 Å². The first kappa shape index (κ1) is 15.7. The highest BCUT2D eigenvalue weighted by Crippen LogP contribution is 2.39. The van der Waals surface area contributed by atoms with Crippen LogP contribution in [-0.2, 0) is 10.0 Å². The van der Waals surface area contributed by atoms with Gasteiger partial charge in [0.1, 0.15) is 0 Å². The lowest BCUT2D eigenvalue weighted by atomic mass is 10.1. The summed E-state index contributed by atoms with van der Waals surface area (Å²) in [6.07, 6.45) is 6.57. The van der Waals surface area contributed by atoms with E-state index in [0.717, 1.165) is 18.4 Å². The summed E-state index contributed by atoms with van der Waals surface area (Å²) in [4.78, 5) is 0.245. The molecule has 0 spiro atoms. The van der Waals surface area contributed by atoms with Crippen molar-refractivity contribution in [3.05, 3.63) is 23.8 Å². The maximum Gasteiger partial charge on any atom is 0.240 e. The van der Waals surface area contributed by atoms with Gasteiger partial charge in [0.05, 0.1) is 4.90 Å². The quantitative estimate of drug-likeness (QED) is 0.819. The third-order valence-electron chi connectivity index (χ3n) is 4.09. The van der Waals surface area contributed by atoms with E-state index in [0.29, 0.717) is 12.2 Å². The number of hydrogen-bond donors (Lipinski definition) is 2. The standard InChI is InChI=1S/C14H22N2O2S2/c1-11-5-6-12(9-13(11)15)20(17,18)16-10-14(19-2)7-3-4-8-14/h5-6,9,16H,3-4,7-8,10,15H2,1-2H3. The third-order valence-corrected chi connectivity index (χ3v) is 6.91. The van der Waals surface area contributed by atoms with Crippen molar-refractivity contribution in [3.8, 4) is 0 Å². The molecule has 4 nitrogen and oxygen atoms in total. The Morgan fingerprint density at radius 3 is 2.55 bits per heavy atom. The molecule has 0 heterocycles. The Kier molecular flexibility index (Phi) is 4.66. The second-order valence-corrected chi connectivity index (χ2v) is 8.48. The van der Waals surface area contributed by atoms with Gasteiger partial charge < -0.3 is 5.73 Å². The van der Waals surface area contributed by atoms with Crippen molar-refractivity contribution >= 4 is 27.5 Å². The molecule has 6 heteroatoms. The summed E-state index contributed by atoms with van der Waals surface area (Å²) in [6, 6.07) is 4.87. The van der Waals surface area contributed by atoms with Crippen molar-refractivity contribution in [2.24, 2.45) is 0 Å². The zero-order chi connectivity index (χ0) is 14.8. The molecule has 1 aromatic carbocycles. The second kappa shape index (κ2) is 5.95. The first-order valence-electron chi connectivity index (χ1n) is 6.79. The molecule has 0 radical (unpaired) electrons. The lowest BCUT2D eigenvalue weighted by molar-refractivity contribution is 0.551. The lowest BCUT2D eigenvalue weighted by Gasteiger charge is -2.26. The van der Waals surface area contributed by atoms with Crippen molar-refractivity contribution in [3.63, 3.8) is 0 Å². The van der Waals surface area contributed by atoms with Gasteiger partial charge in [-0.25, -0.2) is 13.1 Å². The minimum absolute atomic E-state index is 0.0588. The molecule has 0 amide bonds. The fourth-order valence-electron chi connectivity index (χ4n) is 2.57. The highest BCUT2D eigenvalue weighted by molar-refractivity contribution is 8.00. The monoisotopic (exact) mass is 314 g/mol. The first-order chi connectivity index (χ1) is 9.38. The summed E-state index contributed by atoms with van der Waals surface area (Å²) in [6.45, 7) is 2.35. The molecule has 0 bridgehead atoms. The van der Waals surface area contributed by atoms with Gasteiger partial charge in [-0.05, 0) is 43.7 Å². The van der Waals surface area contributed by atoms with Crippen LogP contribution in [0.3, 0.4) is 0 Å². The zero-order valence-electron chi connectivity index (χ0n) is 12.0. The molecule has 1 aliphatic carbocycles. The van der Waals surface area contributed by atoms with Gasteiger partial charge in [0, 0.05) is 17.0 Å². The number of nitrogen functional groups attached to an aromatic ring is 1. The van der Waals surface area contributed by atoms with Gasteiger partial charge in [0.2, 0.25) is 10.0 Å². The number of anilines is 1. The van der Waals surface area contributed by atoms with Crippen LogP contribution in [0.5, 0.6) is 0 Å². The Labute approximate surface area is 125 Å². The van der Waals surface area contributed by atoms with E-state index in [1.807, 2.05) is 6.92 Å². The van der Waals surface area contributed by atoms with Crippen LogP contribution < -0.4 is 10.5 Å². The van der Waals surface area contributed by atoms with Crippen molar-refractivity contribution in [1.29, 1.82) is 0 Å². The molecule has 0 saturated heterocycles. The number of nitrogens with one attached hydrogen (secondary N) is 1. The second-order valence-electron chi connectivity index (χ2n) is 5.44. The summed E-state index contributed by atoms with van der Waals surface area (Å²) >= 11 is 1.77. The normalized spacial score (nSPS) is 18.3. The number of sulfonamides is 1. The van der Waals surface area contributed by atoms with E-state index in [2.05, 4.69) is 11.0 Å². The van der Waals surface area contributed by atoms with Gasteiger partial charge in [0.25, 0.3) is 0 Å². The van der Waals surface area contributed by atoms with Gasteiger partial charge in [-0.3, -0.25) is 0 Å². The van der Waals surface area contributed by atoms with Crippen molar-refractivity contribution in [2.45, 2.75) is 42.2 Å². The SMILES string of the molecule is CSC1(CNS(=O)(=O)c2ccc(C)c(N)c2)CCCC1. The highest BCUT2D eigenvalue weighted by atomic mass is 32.2. The lowest BCUT2D eigenvalue weighted by Crippen LogP contribution is -2.38. The molecular weight excluding hydrogens is 292 g/mol. The zero-order valence-corrected chi connectivity index (χ0v) is 13.6. The molecule has 112 valence electrons. The summed E-state index contributed by atoms with van der Waals surface area (Å²) < 4.78 is 27.5. The molecule has 2 rings (SSSR count). The maximum atomic E-state index is 12.3. The summed E-state index contributed by atoms with van der Waals surface area (Å²) in [5.41, 5.74) is 7.19. The van der Waals surface area contributed by atoms with Crippen LogP contribution in [-0.4, -0.2) is 26.0 Å². The van der Waals surface area contributed by atoms with E-state index >= 15 is 0 Å². The van der Waals surface area contributed by atoms with E-state index < -0.39 is 10.0 Å². The largest absolute Gasteiger partial charge is 0.398 e. The van der Waals surface area contributed by atoms with Crippen molar-refractivity contribution in [1.82, 2.24) is 4.72 Å². The Bertz CT molecular complexity index is 579. The number of aryl methyl sites for hydroxylation is 1. The molecule has 3 N–H and O–H groups in total. The molecule has 1 fully saturated rings. The van der Waals surface area contributed by atoms with Crippen molar-refractivity contribution in [2.75, 3.05) is 18.5 Å². The number of hydrogen-bond acceptors (Lipinski definition) is 4. The molecule has 20 heavy (non-hydrogen) atoms. The van der Waals surface area contributed by atoms with Gasteiger partial charge >= 0.3 is 0 Å². The Morgan fingerprint density at radius 2 is 2.00 bits per heavy atom. The van der Waals surface area contributed by atoms with E-state index in [9.17, 15) is 8.42 Å². The molecule has 0 atom stereocenters. The molecular formula is C14H22N2O2S2. The Hall–Kier alpha value is -0.720.